The number of carbonyl (C=O) groups excluding carboxylic acids is 1. The van der Waals surface area contributed by atoms with Crippen molar-refractivity contribution in [3.8, 4) is 29.1 Å². The fourth-order valence-corrected chi connectivity index (χ4v) is 13.9. The van der Waals surface area contributed by atoms with Crippen LogP contribution < -0.4 is 21.3 Å². The summed E-state index contributed by atoms with van der Waals surface area (Å²) in [5.41, 5.74) is 20.3. The molecule has 338 valence electrons. The van der Waals surface area contributed by atoms with E-state index in [2.05, 4.69) is 42.8 Å². The molecule has 3 aliphatic carbocycles. The first-order chi connectivity index (χ1) is 30.9. The first-order valence-electron chi connectivity index (χ1n) is 23.5. The lowest BCUT2D eigenvalue weighted by Gasteiger charge is -2.45. The van der Waals surface area contributed by atoms with Crippen LogP contribution in [0, 0.1) is 34.5 Å². The maximum Gasteiger partial charge on any atom is 0.161 e. The Morgan fingerprint density at radius 3 is 2.62 bits per heavy atom. The predicted octanol–water partition coefficient (Wildman–Crippen LogP) is 10.6. The van der Waals surface area contributed by atoms with Crippen molar-refractivity contribution in [1.29, 1.82) is 0 Å². The number of unbranched alkanes of at least 4 members (excludes halogenated alkanes) is 2. The molecule has 5 aliphatic rings. The van der Waals surface area contributed by atoms with E-state index in [0.717, 1.165) is 58.4 Å². The number of aryl methyl sites for hydroxylation is 1. The Hall–Kier alpha value is -4.40. The summed E-state index contributed by atoms with van der Waals surface area (Å²) in [6.07, 6.45) is 20.8. The number of fused-ring (bicyclic) bond motifs is 7. The smallest absolute Gasteiger partial charge is 0.161 e. The van der Waals surface area contributed by atoms with Gasteiger partial charge in [0.25, 0.3) is 0 Å². The molecular formula is C54H64N3O5S2-. The van der Waals surface area contributed by atoms with Crippen molar-refractivity contribution < 1.29 is 24.9 Å². The molecule has 10 heteroatoms. The molecule has 0 aromatic heterocycles. The summed E-state index contributed by atoms with van der Waals surface area (Å²) in [5, 5.41) is 36.6. The van der Waals surface area contributed by atoms with Gasteiger partial charge in [-0.05, 0) is 144 Å². The molecule has 2 saturated carbocycles. The van der Waals surface area contributed by atoms with Crippen LogP contribution in [0.25, 0.3) is 0 Å². The normalized spacial score (nSPS) is 25.3. The van der Waals surface area contributed by atoms with E-state index in [1.807, 2.05) is 58.0 Å². The van der Waals surface area contributed by atoms with E-state index in [-0.39, 0.29) is 46.9 Å². The molecular weight excluding hydrogens is 835 g/mol. The molecule has 5 unspecified atom stereocenters. The van der Waals surface area contributed by atoms with Crippen molar-refractivity contribution in [2.75, 3.05) is 12.4 Å². The Kier molecular flexibility index (Phi) is 14.7. The maximum absolute atomic E-state index is 14.2. The van der Waals surface area contributed by atoms with Gasteiger partial charge in [-0.1, -0.05) is 103 Å². The number of hydrogen-bond donors (Lipinski definition) is 4. The Labute approximate surface area is 387 Å². The van der Waals surface area contributed by atoms with Gasteiger partial charge in [-0.3, -0.25) is 9.79 Å². The molecule has 0 radical (unpaired) electrons. The van der Waals surface area contributed by atoms with Crippen LogP contribution in [-0.4, -0.2) is 34.1 Å². The van der Waals surface area contributed by atoms with Crippen LogP contribution in [0.2, 0.25) is 0 Å². The number of nitrogens with two attached hydrogens (primary N) is 2. The molecule has 8 rings (SSSR count). The second kappa shape index (κ2) is 20.4. The summed E-state index contributed by atoms with van der Waals surface area (Å²) in [6.45, 7) is 4.96. The largest absolute Gasteiger partial charge is 0.875 e. The van der Waals surface area contributed by atoms with Gasteiger partial charge in [0.15, 0.2) is 17.3 Å². The fraction of sp³-hybridized carbons (Fsp3) is 0.481. The molecule has 8 bridgehead atoms. The number of phenols is 2. The van der Waals surface area contributed by atoms with E-state index < -0.39 is 12.1 Å². The maximum atomic E-state index is 14.2. The van der Waals surface area contributed by atoms with Crippen LogP contribution in [0.5, 0.6) is 17.2 Å². The summed E-state index contributed by atoms with van der Waals surface area (Å²) >= 11 is 0. The molecule has 0 amide bonds. The van der Waals surface area contributed by atoms with Gasteiger partial charge in [0.2, 0.25) is 0 Å². The second-order valence-corrected chi connectivity index (χ2v) is 21.7. The third-order valence-electron chi connectivity index (χ3n) is 14.7. The molecule has 2 heterocycles. The SMILES string of the molecule is CCCCCC(C)CC1CCC23CCC1(C=CC(=O)CCc1ccc(O)c(c1)OCCc1ccc(O)c(c1)C1CC([O-])=C4C=CN=C4CC#Cc4cc(C(N)N)c(cc41)CSSC2)C3. The quantitative estimate of drug-likeness (QED) is 0.0785. The molecule has 3 aromatic rings. The van der Waals surface area contributed by atoms with Crippen LogP contribution >= 0.6 is 21.6 Å². The number of nitrogens with zero attached hydrogens (tertiary/aromatic N) is 1. The molecule has 0 saturated heterocycles. The van der Waals surface area contributed by atoms with E-state index in [0.29, 0.717) is 65.9 Å². The number of rotatable bonds is 7. The Morgan fingerprint density at radius 2 is 1.80 bits per heavy atom. The summed E-state index contributed by atoms with van der Waals surface area (Å²) in [5.74, 6) is 9.64. The molecule has 2 fully saturated rings. The molecule has 8 nitrogen and oxygen atoms in total. The molecule has 2 aliphatic heterocycles. The van der Waals surface area contributed by atoms with Gasteiger partial charge in [-0.2, -0.15) is 0 Å². The van der Waals surface area contributed by atoms with Crippen LogP contribution in [0.4, 0.5) is 0 Å². The number of benzene rings is 3. The topological polar surface area (TPSA) is 154 Å². The van der Waals surface area contributed by atoms with Gasteiger partial charge in [-0.25, -0.2) is 0 Å². The molecule has 5 atom stereocenters. The van der Waals surface area contributed by atoms with Gasteiger partial charge in [-0.15, -0.1) is 5.76 Å². The zero-order valence-electron chi connectivity index (χ0n) is 37.5. The molecule has 64 heavy (non-hydrogen) atoms. The molecule has 6 N–H and O–H groups in total. The average Bonchev–Trinajstić information content (AvgIpc) is 3.88. The third-order valence-corrected chi connectivity index (χ3v) is 17.2. The minimum atomic E-state index is -0.734. The number of carbonyl (C=O) groups is 1. The van der Waals surface area contributed by atoms with Crippen molar-refractivity contribution in [2.24, 2.45) is 39.1 Å². The highest BCUT2D eigenvalue weighted by molar-refractivity contribution is 8.76. The van der Waals surface area contributed by atoms with Crippen LogP contribution in [0.1, 0.15) is 148 Å². The standard InChI is InChI=1S/C54H65N3O5S2/c1-3-4-5-7-35(2)26-40-16-20-53-22-23-54(40,33-53)21-17-41(58)13-10-36-12-15-49(60)51(28-36)62-25-19-37-11-14-48(59)46(27-37)45-31-50(61)42-18-24-57-47(42)9-6-8-38-29-44(52(55)56)39(30-43(38)45)32-63-64-34-53/h11-12,14-15,17-18,21,24,27-30,35,40,45,52,59-61H,3-5,7,9-10,13,16,19-20,22-23,25-26,31-34,55-56H2,1-2H3/p-1. The van der Waals surface area contributed by atoms with Crippen molar-refractivity contribution >= 4 is 33.1 Å². The predicted molar refractivity (Wildman–Crippen MR) is 260 cm³/mol. The van der Waals surface area contributed by atoms with Gasteiger partial charge in [0, 0.05) is 47.6 Å². The summed E-state index contributed by atoms with van der Waals surface area (Å²) in [6, 6.07) is 15.0. The number of aromatic hydroxyl groups is 2. The lowest BCUT2D eigenvalue weighted by atomic mass is 9.61. The van der Waals surface area contributed by atoms with Crippen LogP contribution in [0.15, 0.2) is 89.3 Å². The van der Waals surface area contributed by atoms with E-state index in [1.54, 1.807) is 24.4 Å². The number of hydrogen-bond acceptors (Lipinski definition) is 10. The van der Waals surface area contributed by atoms with Crippen molar-refractivity contribution in [1.82, 2.24) is 0 Å². The Bertz CT molecular complexity index is 2410. The summed E-state index contributed by atoms with van der Waals surface area (Å²) in [7, 11) is 3.75. The minimum absolute atomic E-state index is 0.0195. The lowest BCUT2D eigenvalue weighted by Crippen LogP contribution is -2.36. The third kappa shape index (κ3) is 10.5. The summed E-state index contributed by atoms with van der Waals surface area (Å²) < 4.78 is 6.18. The number of aliphatic imine (C=N–C) groups is 1. The number of phenolic OH excluding ortho intramolecular Hbond substituents is 2. The summed E-state index contributed by atoms with van der Waals surface area (Å²) in [4.78, 5) is 18.1. The number of ether oxygens (including phenoxy) is 1. The van der Waals surface area contributed by atoms with E-state index >= 15 is 0 Å². The highest BCUT2D eigenvalue weighted by atomic mass is 33.1. The molecule has 0 spiro atoms. The first-order valence-corrected chi connectivity index (χ1v) is 26.0. The van der Waals surface area contributed by atoms with Crippen molar-refractivity contribution in [3.63, 3.8) is 0 Å². The van der Waals surface area contributed by atoms with E-state index in [9.17, 15) is 20.1 Å². The van der Waals surface area contributed by atoms with Gasteiger partial charge in [0.1, 0.15) is 5.75 Å². The zero-order valence-corrected chi connectivity index (χ0v) is 39.1. The van der Waals surface area contributed by atoms with E-state index in [1.165, 1.54) is 44.9 Å². The second-order valence-electron chi connectivity index (χ2n) is 19.2. The first kappa shape index (κ1) is 46.1. The van der Waals surface area contributed by atoms with Crippen molar-refractivity contribution in [3.05, 3.63) is 123 Å². The van der Waals surface area contributed by atoms with Gasteiger partial charge < -0.3 is 31.5 Å². The zero-order chi connectivity index (χ0) is 44.8. The molecule has 3 aromatic carbocycles. The lowest BCUT2D eigenvalue weighted by molar-refractivity contribution is -0.307. The van der Waals surface area contributed by atoms with E-state index in [4.69, 9.17) is 16.2 Å². The van der Waals surface area contributed by atoms with Crippen LogP contribution in [-0.2, 0) is 23.4 Å². The van der Waals surface area contributed by atoms with Crippen molar-refractivity contribution in [2.45, 2.75) is 128 Å². The Balaban J connectivity index is 1.15. The fourth-order valence-electron chi connectivity index (χ4n) is 11.1. The highest BCUT2D eigenvalue weighted by Gasteiger charge is 2.54. The average molecular weight is 899 g/mol. The van der Waals surface area contributed by atoms with Gasteiger partial charge >= 0.3 is 0 Å². The number of ketones is 1. The number of allylic oxidation sites excluding steroid dienone is 5. The monoisotopic (exact) mass is 898 g/mol. The Morgan fingerprint density at radius 1 is 0.969 bits per heavy atom. The highest BCUT2D eigenvalue weighted by Crippen LogP contribution is 2.64. The minimum Gasteiger partial charge on any atom is -0.875 e. The van der Waals surface area contributed by atoms with Crippen LogP contribution in [0.3, 0.4) is 0 Å². The van der Waals surface area contributed by atoms with Gasteiger partial charge in [0.05, 0.1) is 24.9 Å².